The van der Waals surface area contributed by atoms with Gasteiger partial charge in [-0.3, -0.25) is 4.98 Å². The van der Waals surface area contributed by atoms with Crippen molar-refractivity contribution in [2.75, 3.05) is 0 Å². The molecule has 2 aromatic carbocycles. The molecule has 1 heterocycles. The van der Waals surface area contributed by atoms with Crippen molar-refractivity contribution in [3.63, 3.8) is 0 Å². The Kier molecular flexibility index (Phi) is 2.96. The summed E-state index contributed by atoms with van der Waals surface area (Å²) in [6.07, 6.45) is 1.94. The average molecular weight is 299 g/mol. The molecule has 114 valence electrons. The van der Waals surface area contributed by atoms with Gasteiger partial charge in [-0.15, -0.1) is 0 Å². The molecule has 0 aliphatic heterocycles. The highest BCUT2D eigenvalue weighted by atomic mass is 14.7. The Balaban J connectivity index is 1.90. The van der Waals surface area contributed by atoms with Gasteiger partial charge in [0.25, 0.3) is 0 Å². The van der Waals surface area contributed by atoms with E-state index < -0.39 is 0 Å². The quantitative estimate of drug-likeness (QED) is 0.564. The SMILES string of the molecule is Cc1ccc(-c2ccc3c(c2)C(C)(C)c2cc(C)ccc2-3)nc1. The average Bonchev–Trinajstić information content (AvgIpc) is 2.76. The van der Waals surface area contributed by atoms with Crippen molar-refractivity contribution < 1.29 is 0 Å². The van der Waals surface area contributed by atoms with Gasteiger partial charge < -0.3 is 0 Å². The second-order valence-corrected chi connectivity index (χ2v) is 7.16. The number of hydrogen-bond donors (Lipinski definition) is 0. The fraction of sp³-hybridized carbons (Fsp3) is 0.227. The van der Waals surface area contributed by atoms with Crippen molar-refractivity contribution >= 4 is 0 Å². The van der Waals surface area contributed by atoms with Gasteiger partial charge in [0.15, 0.2) is 0 Å². The smallest absolute Gasteiger partial charge is 0.0702 e. The van der Waals surface area contributed by atoms with Crippen LogP contribution in [0, 0.1) is 13.8 Å². The summed E-state index contributed by atoms with van der Waals surface area (Å²) in [4.78, 5) is 4.59. The van der Waals surface area contributed by atoms with Crippen LogP contribution in [0.5, 0.6) is 0 Å². The van der Waals surface area contributed by atoms with Gasteiger partial charge in [-0.25, -0.2) is 0 Å². The Labute approximate surface area is 138 Å². The maximum atomic E-state index is 4.59. The van der Waals surface area contributed by atoms with Crippen molar-refractivity contribution in [3.05, 3.63) is 77.0 Å². The lowest BCUT2D eigenvalue weighted by Crippen LogP contribution is -2.15. The molecule has 0 radical (unpaired) electrons. The Bertz CT molecular complexity index is 902. The van der Waals surface area contributed by atoms with E-state index in [0.717, 1.165) is 5.69 Å². The number of nitrogens with zero attached hydrogens (tertiary/aromatic N) is 1. The molecule has 1 aliphatic carbocycles. The first-order valence-electron chi connectivity index (χ1n) is 8.16. The highest BCUT2D eigenvalue weighted by Gasteiger charge is 2.35. The Morgan fingerprint density at radius 3 is 2.09 bits per heavy atom. The predicted octanol–water partition coefficient (Wildman–Crippen LogP) is 5.67. The minimum atomic E-state index is 0.0391. The summed E-state index contributed by atoms with van der Waals surface area (Å²) in [5, 5.41) is 0. The monoisotopic (exact) mass is 299 g/mol. The largest absolute Gasteiger partial charge is 0.256 e. The minimum Gasteiger partial charge on any atom is -0.256 e. The first-order valence-corrected chi connectivity index (χ1v) is 8.16. The molecule has 1 nitrogen and oxygen atoms in total. The van der Waals surface area contributed by atoms with Gasteiger partial charge >= 0.3 is 0 Å². The van der Waals surface area contributed by atoms with Crippen LogP contribution in [0.15, 0.2) is 54.7 Å². The molecular formula is C22H21N. The van der Waals surface area contributed by atoms with Crippen LogP contribution in [0.25, 0.3) is 22.4 Å². The lowest BCUT2D eigenvalue weighted by atomic mass is 9.81. The lowest BCUT2D eigenvalue weighted by molar-refractivity contribution is 0.660. The molecule has 4 rings (SSSR count). The van der Waals surface area contributed by atoms with Gasteiger partial charge in [-0.05, 0) is 53.8 Å². The highest BCUT2D eigenvalue weighted by molar-refractivity contribution is 5.83. The van der Waals surface area contributed by atoms with Crippen LogP contribution in [0.1, 0.15) is 36.1 Å². The third-order valence-corrected chi connectivity index (χ3v) is 5.04. The fourth-order valence-electron chi connectivity index (χ4n) is 3.65. The van der Waals surface area contributed by atoms with Crippen LogP contribution in [0.4, 0.5) is 0 Å². The van der Waals surface area contributed by atoms with Crippen LogP contribution < -0.4 is 0 Å². The zero-order valence-corrected chi connectivity index (χ0v) is 14.1. The number of benzene rings is 2. The minimum absolute atomic E-state index is 0.0391. The van der Waals surface area contributed by atoms with Crippen molar-refractivity contribution in [1.29, 1.82) is 0 Å². The van der Waals surface area contributed by atoms with Gasteiger partial charge in [0.05, 0.1) is 5.69 Å². The summed E-state index contributed by atoms with van der Waals surface area (Å²) < 4.78 is 0. The number of fused-ring (bicyclic) bond motifs is 3. The van der Waals surface area contributed by atoms with E-state index in [4.69, 9.17) is 0 Å². The first-order chi connectivity index (χ1) is 11.0. The summed E-state index contributed by atoms with van der Waals surface area (Å²) in [6, 6.07) is 17.8. The summed E-state index contributed by atoms with van der Waals surface area (Å²) in [6.45, 7) is 8.88. The molecule has 0 saturated heterocycles. The molecule has 0 amide bonds. The van der Waals surface area contributed by atoms with Gasteiger partial charge in [0.1, 0.15) is 0 Å². The van der Waals surface area contributed by atoms with E-state index in [1.54, 1.807) is 0 Å². The fourth-order valence-corrected chi connectivity index (χ4v) is 3.65. The predicted molar refractivity (Wildman–Crippen MR) is 96.7 cm³/mol. The normalized spacial score (nSPS) is 14.4. The van der Waals surface area contributed by atoms with Gasteiger partial charge in [-0.1, -0.05) is 55.8 Å². The van der Waals surface area contributed by atoms with Crippen LogP contribution >= 0.6 is 0 Å². The summed E-state index contributed by atoms with van der Waals surface area (Å²) in [5.74, 6) is 0. The van der Waals surface area contributed by atoms with Crippen molar-refractivity contribution in [2.24, 2.45) is 0 Å². The molecule has 0 unspecified atom stereocenters. The topological polar surface area (TPSA) is 12.9 Å². The third kappa shape index (κ3) is 2.11. The number of hydrogen-bond acceptors (Lipinski definition) is 1. The zero-order valence-electron chi connectivity index (χ0n) is 14.1. The van der Waals surface area contributed by atoms with E-state index >= 15 is 0 Å². The molecule has 0 spiro atoms. The molecule has 0 saturated carbocycles. The molecule has 1 heteroatoms. The zero-order chi connectivity index (χ0) is 16.2. The van der Waals surface area contributed by atoms with Crippen LogP contribution in [-0.2, 0) is 5.41 Å². The maximum Gasteiger partial charge on any atom is 0.0702 e. The van der Waals surface area contributed by atoms with Gasteiger partial charge in [-0.2, -0.15) is 0 Å². The van der Waals surface area contributed by atoms with E-state index in [0.29, 0.717) is 0 Å². The summed E-state index contributed by atoms with van der Waals surface area (Å²) in [5.41, 5.74) is 10.4. The van der Waals surface area contributed by atoms with E-state index in [1.165, 1.54) is 38.9 Å². The molecular weight excluding hydrogens is 278 g/mol. The van der Waals surface area contributed by atoms with Crippen molar-refractivity contribution in [1.82, 2.24) is 4.98 Å². The van der Waals surface area contributed by atoms with Gasteiger partial charge in [0.2, 0.25) is 0 Å². The van der Waals surface area contributed by atoms with E-state index in [9.17, 15) is 0 Å². The van der Waals surface area contributed by atoms with Crippen LogP contribution in [-0.4, -0.2) is 4.98 Å². The summed E-state index contributed by atoms with van der Waals surface area (Å²) in [7, 11) is 0. The Morgan fingerprint density at radius 1 is 0.739 bits per heavy atom. The molecule has 0 fully saturated rings. The van der Waals surface area contributed by atoms with Gasteiger partial charge in [0, 0.05) is 17.2 Å². The standard InChI is InChI=1S/C22H21N/c1-14-5-8-17-18-9-7-16(21-10-6-15(2)13-23-21)12-20(18)22(3,4)19(17)11-14/h5-13H,1-4H3. The van der Waals surface area contributed by atoms with Crippen LogP contribution in [0.3, 0.4) is 0 Å². The second kappa shape index (κ2) is 4.79. The first kappa shape index (κ1) is 14.2. The van der Waals surface area contributed by atoms with Crippen LogP contribution in [0.2, 0.25) is 0 Å². The number of rotatable bonds is 1. The lowest BCUT2D eigenvalue weighted by Gasteiger charge is -2.22. The Hall–Kier alpha value is -2.41. The second-order valence-electron chi connectivity index (χ2n) is 7.16. The maximum absolute atomic E-state index is 4.59. The molecule has 3 aromatic rings. The summed E-state index contributed by atoms with van der Waals surface area (Å²) >= 11 is 0. The molecule has 0 N–H and O–H groups in total. The van der Waals surface area contributed by atoms with E-state index in [2.05, 4.69) is 81.2 Å². The highest BCUT2D eigenvalue weighted by Crippen LogP contribution is 2.49. The number of aromatic nitrogens is 1. The molecule has 23 heavy (non-hydrogen) atoms. The van der Waals surface area contributed by atoms with Crippen molar-refractivity contribution in [2.45, 2.75) is 33.1 Å². The number of pyridine rings is 1. The molecule has 1 aromatic heterocycles. The van der Waals surface area contributed by atoms with Crippen molar-refractivity contribution in [3.8, 4) is 22.4 Å². The molecule has 0 atom stereocenters. The van der Waals surface area contributed by atoms with E-state index in [-0.39, 0.29) is 5.41 Å². The number of aryl methyl sites for hydroxylation is 2. The Morgan fingerprint density at radius 2 is 1.39 bits per heavy atom. The van der Waals surface area contributed by atoms with E-state index in [1.807, 2.05) is 6.20 Å². The molecule has 1 aliphatic rings. The molecule has 0 bridgehead atoms. The third-order valence-electron chi connectivity index (χ3n) is 5.04.